The van der Waals surface area contributed by atoms with Crippen LogP contribution < -0.4 is 11.1 Å². The predicted octanol–water partition coefficient (Wildman–Crippen LogP) is 5.13. The molecule has 1 heterocycles. The molecule has 0 saturated heterocycles. The maximum absolute atomic E-state index is 13.6. The number of fused-ring (bicyclic) bond motifs is 1. The lowest BCUT2D eigenvalue weighted by atomic mass is 10.0. The Morgan fingerprint density at radius 2 is 1.75 bits per heavy atom. The summed E-state index contributed by atoms with van der Waals surface area (Å²) in [5, 5.41) is 4.15. The van der Waals surface area contributed by atoms with Gasteiger partial charge in [-0.2, -0.15) is 0 Å². The van der Waals surface area contributed by atoms with Gasteiger partial charge in [0.15, 0.2) is 0 Å². The van der Waals surface area contributed by atoms with Gasteiger partial charge in [-0.05, 0) is 41.3 Å². The van der Waals surface area contributed by atoms with E-state index in [1.165, 1.54) is 0 Å². The number of carbonyl (C=O) groups is 2. The van der Waals surface area contributed by atoms with Gasteiger partial charge in [-0.15, -0.1) is 12.4 Å². The Labute approximate surface area is 225 Å². The second-order valence-corrected chi connectivity index (χ2v) is 9.31. The van der Waals surface area contributed by atoms with Crippen LogP contribution >= 0.6 is 28.3 Å². The Hall–Kier alpha value is -3.13. The first kappa shape index (κ1) is 27.5. The van der Waals surface area contributed by atoms with Crippen molar-refractivity contribution >= 4 is 51.1 Å². The quantitative estimate of drug-likeness (QED) is 0.247. The van der Waals surface area contributed by atoms with Crippen LogP contribution in [-0.4, -0.2) is 34.8 Å². The van der Waals surface area contributed by atoms with Crippen molar-refractivity contribution in [1.82, 2.24) is 15.2 Å². The molecule has 0 aliphatic carbocycles. The average molecular weight is 570 g/mol. The van der Waals surface area contributed by atoms with Crippen molar-refractivity contribution in [3.63, 3.8) is 0 Å². The number of H-pyrrole nitrogens is 1. The average Bonchev–Trinajstić information content (AvgIpc) is 3.29. The van der Waals surface area contributed by atoms with E-state index >= 15 is 0 Å². The fourth-order valence-corrected chi connectivity index (χ4v) is 4.69. The second-order valence-electron chi connectivity index (χ2n) is 8.40. The van der Waals surface area contributed by atoms with Gasteiger partial charge in [0, 0.05) is 47.6 Å². The van der Waals surface area contributed by atoms with Crippen molar-refractivity contribution in [3.8, 4) is 0 Å². The highest BCUT2D eigenvalue weighted by Crippen LogP contribution is 2.27. The Bertz CT molecular complexity index is 1290. The van der Waals surface area contributed by atoms with E-state index in [2.05, 4.69) is 32.3 Å². The molecule has 0 aliphatic heterocycles. The van der Waals surface area contributed by atoms with E-state index < -0.39 is 6.04 Å². The van der Waals surface area contributed by atoms with Crippen LogP contribution in [0.25, 0.3) is 10.9 Å². The van der Waals surface area contributed by atoms with E-state index in [4.69, 9.17) is 5.73 Å². The smallest absolute Gasteiger partial charge is 0.247 e. The van der Waals surface area contributed by atoms with Crippen molar-refractivity contribution < 1.29 is 9.59 Å². The minimum absolute atomic E-state index is 0. The molecule has 0 spiro atoms. The van der Waals surface area contributed by atoms with Crippen molar-refractivity contribution in [2.75, 3.05) is 13.1 Å². The maximum Gasteiger partial charge on any atom is 0.247 e. The molecule has 0 radical (unpaired) electrons. The van der Waals surface area contributed by atoms with Crippen LogP contribution in [0.4, 0.5) is 0 Å². The topological polar surface area (TPSA) is 91.2 Å². The van der Waals surface area contributed by atoms with Crippen molar-refractivity contribution in [2.24, 2.45) is 5.73 Å². The molecule has 3 aromatic carbocycles. The molecule has 0 fully saturated rings. The number of amides is 2. The number of halogens is 2. The largest absolute Gasteiger partial charge is 0.361 e. The minimum Gasteiger partial charge on any atom is -0.361 e. The van der Waals surface area contributed by atoms with Gasteiger partial charge >= 0.3 is 0 Å². The van der Waals surface area contributed by atoms with E-state index in [0.717, 1.165) is 32.1 Å². The lowest BCUT2D eigenvalue weighted by Crippen LogP contribution is -2.45. The molecule has 4 rings (SSSR count). The molecule has 8 heteroatoms. The molecule has 188 valence electrons. The monoisotopic (exact) mass is 568 g/mol. The first-order chi connectivity index (χ1) is 17.1. The molecule has 4 aromatic rings. The van der Waals surface area contributed by atoms with E-state index in [0.29, 0.717) is 19.5 Å². The van der Waals surface area contributed by atoms with E-state index in [-0.39, 0.29) is 37.2 Å². The number of nitrogens with zero attached hydrogens (tertiary/aromatic N) is 1. The van der Waals surface area contributed by atoms with Gasteiger partial charge in [-0.3, -0.25) is 9.59 Å². The van der Waals surface area contributed by atoms with E-state index in [1.54, 1.807) is 4.90 Å². The van der Waals surface area contributed by atoms with Crippen LogP contribution in [0.15, 0.2) is 89.5 Å². The van der Waals surface area contributed by atoms with Crippen LogP contribution in [0, 0.1) is 0 Å². The van der Waals surface area contributed by atoms with Crippen LogP contribution in [-0.2, 0) is 22.6 Å². The first-order valence-corrected chi connectivity index (χ1v) is 12.5. The van der Waals surface area contributed by atoms with Gasteiger partial charge in [0.2, 0.25) is 11.8 Å². The summed E-state index contributed by atoms with van der Waals surface area (Å²) < 4.78 is 0.846. The Morgan fingerprint density at radius 1 is 1.00 bits per heavy atom. The number of aromatic nitrogens is 1. The van der Waals surface area contributed by atoms with Gasteiger partial charge in [-0.1, -0.05) is 76.6 Å². The number of rotatable bonds is 10. The molecular formula is C28H30BrClN4O2. The molecule has 1 unspecified atom stereocenters. The fraction of sp³-hybridized carbons (Fsp3) is 0.214. The standard InChI is InChI=1S/C28H29BrN4O2.ClH/c29-23-10-6-9-21(17-23)27(28(35)32-18-20-7-2-1-3-8-20)33(26(34)13-15-30)16-14-22-19-31-25-12-5-4-11-24(22)25;/h1-12,17,19,27,31H,13-16,18,30H2,(H,32,35);1H. The molecule has 36 heavy (non-hydrogen) atoms. The number of carbonyl (C=O) groups excluding carboxylic acids is 2. The van der Waals surface area contributed by atoms with Gasteiger partial charge in [0.25, 0.3) is 0 Å². The molecular weight excluding hydrogens is 540 g/mol. The Morgan fingerprint density at radius 3 is 2.50 bits per heavy atom. The van der Waals surface area contributed by atoms with E-state index in [1.807, 2.05) is 79.0 Å². The summed E-state index contributed by atoms with van der Waals surface area (Å²) in [4.78, 5) is 31.8. The number of nitrogens with one attached hydrogen (secondary N) is 2. The SMILES string of the molecule is Cl.NCCC(=O)N(CCc1c[nH]c2ccccc12)C(C(=O)NCc1ccccc1)c1cccc(Br)c1. The van der Waals surface area contributed by atoms with Crippen LogP contribution in [0.1, 0.15) is 29.2 Å². The Kier molecular flexibility index (Phi) is 10.1. The zero-order chi connectivity index (χ0) is 24.6. The number of nitrogens with two attached hydrogens (primary N) is 1. The molecule has 6 nitrogen and oxygen atoms in total. The highest BCUT2D eigenvalue weighted by atomic mass is 79.9. The van der Waals surface area contributed by atoms with Crippen LogP contribution in [0.5, 0.6) is 0 Å². The van der Waals surface area contributed by atoms with Gasteiger partial charge in [-0.25, -0.2) is 0 Å². The van der Waals surface area contributed by atoms with Crippen LogP contribution in [0.3, 0.4) is 0 Å². The van der Waals surface area contributed by atoms with Gasteiger partial charge in [0.1, 0.15) is 6.04 Å². The molecule has 4 N–H and O–H groups in total. The molecule has 0 saturated carbocycles. The summed E-state index contributed by atoms with van der Waals surface area (Å²) in [7, 11) is 0. The molecule has 2 amide bonds. The summed E-state index contributed by atoms with van der Waals surface area (Å²) in [5.74, 6) is -0.372. The summed E-state index contributed by atoms with van der Waals surface area (Å²) in [6.07, 6.45) is 2.75. The number of hydrogen-bond donors (Lipinski definition) is 3. The van der Waals surface area contributed by atoms with E-state index in [9.17, 15) is 9.59 Å². The zero-order valence-electron chi connectivity index (χ0n) is 19.8. The number of benzene rings is 3. The lowest BCUT2D eigenvalue weighted by Gasteiger charge is -2.31. The third kappa shape index (κ3) is 6.75. The third-order valence-electron chi connectivity index (χ3n) is 6.01. The minimum atomic E-state index is -0.777. The summed E-state index contributed by atoms with van der Waals surface area (Å²) >= 11 is 3.51. The van der Waals surface area contributed by atoms with Gasteiger partial charge < -0.3 is 20.9 Å². The van der Waals surface area contributed by atoms with Crippen molar-refractivity contribution in [1.29, 1.82) is 0 Å². The first-order valence-electron chi connectivity index (χ1n) is 11.7. The van der Waals surface area contributed by atoms with Crippen LogP contribution in [0.2, 0.25) is 0 Å². The fourth-order valence-electron chi connectivity index (χ4n) is 4.28. The third-order valence-corrected chi connectivity index (χ3v) is 6.50. The zero-order valence-corrected chi connectivity index (χ0v) is 22.2. The summed E-state index contributed by atoms with van der Waals surface area (Å²) in [5.41, 5.74) is 9.63. The summed E-state index contributed by atoms with van der Waals surface area (Å²) in [6.45, 7) is 0.988. The molecule has 0 bridgehead atoms. The predicted molar refractivity (Wildman–Crippen MR) is 150 cm³/mol. The maximum atomic E-state index is 13.6. The Balaban J connectivity index is 0.00000361. The summed E-state index contributed by atoms with van der Waals surface area (Å²) in [6, 6.07) is 24.6. The molecule has 0 aliphatic rings. The lowest BCUT2D eigenvalue weighted by molar-refractivity contribution is -0.140. The van der Waals surface area contributed by atoms with Crippen molar-refractivity contribution in [2.45, 2.75) is 25.4 Å². The van der Waals surface area contributed by atoms with Crippen molar-refractivity contribution in [3.05, 3.63) is 106 Å². The molecule has 1 aromatic heterocycles. The molecule has 1 atom stereocenters. The second kappa shape index (κ2) is 13.3. The number of hydrogen-bond acceptors (Lipinski definition) is 3. The highest BCUT2D eigenvalue weighted by molar-refractivity contribution is 9.10. The number of aromatic amines is 1. The highest BCUT2D eigenvalue weighted by Gasteiger charge is 2.31. The van der Waals surface area contributed by atoms with Gasteiger partial charge in [0.05, 0.1) is 0 Å². The normalized spacial score (nSPS) is 11.5. The number of para-hydroxylation sites is 1.